The largest absolute Gasteiger partial charge is 0.314 e. The van der Waals surface area contributed by atoms with Gasteiger partial charge in [0.05, 0.1) is 0 Å². The van der Waals surface area contributed by atoms with Gasteiger partial charge in [-0.05, 0) is 61.4 Å². The molecular formula is C15H21ClFN. The average molecular weight is 270 g/mol. The Kier molecular flexibility index (Phi) is 4.29. The van der Waals surface area contributed by atoms with Gasteiger partial charge in [-0.2, -0.15) is 0 Å². The Labute approximate surface area is 114 Å². The minimum absolute atomic E-state index is 0.0907. The molecule has 1 fully saturated rings. The van der Waals surface area contributed by atoms with Gasteiger partial charge < -0.3 is 5.32 Å². The predicted octanol–water partition coefficient (Wildman–Crippen LogP) is 4.19. The van der Waals surface area contributed by atoms with Crippen molar-refractivity contribution in [2.75, 3.05) is 6.54 Å². The number of benzene rings is 1. The molecule has 1 aliphatic carbocycles. The topological polar surface area (TPSA) is 12.0 Å². The molecule has 0 heterocycles. The van der Waals surface area contributed by atoms with Gasteiger partial charge in [0.15, 0.2) is 0 Å². The second-order valence-corrected chi connectivity index (χ2v) is 6.49. The Balaban J connectivity index is 1.90. The molecule has 2 rings (SSSR count). The number of hydrogen-bond donors (Lipinski definition) is 1. The van der Waals surface area contributed by atoms with Crippen LogP contribution in [0.15, 0.2) is 18.2 Å². The lowest BCUT2D eigenvalue weighted by Gasteiger charge is -2.25. The molecule has 100 valence electrons. The first-order valence-electron chi connectivity index (χ1n) is 6.64. The van der Waals surface area contributed by atoms with E-state index in [-0.39, 0.29) is 11.2 Å². The molecule has 0 spiro atoms. The van der Waals surface area contributed by atoms with Crippen molar-refractivity contribution in [3.05, 3.63) is 34.6 Å². The Morgan fingerprint density at radius 2 is 2.11 bits per heavy atom. The van der Waals surface area contributed by atoms with Gasteiger partial charge in [-0.1, -0.05) is 25.4 Å². The maximum atomic E-state index is 13.7. The summed E-state index contributed by atoms with van der Waals surface area (Å²) in [6, 6.07) is 5.54. The molecule has 1 aromatic carbocycles. The highest BCUT2D eigenvalue weighted by atomic mass is 35.5. The lowest BCUT2D eigenvalue weighted by atomic mass is 9.82. The second kappa shape index (κ2) is 5.58. The molecule has 1 aromatic rings. The van der Waals surface area contributed by atoms with Gasteiger partial charge in [0.2, 0.25) is 0 Å². The van der Waals surface area contributed by atoms with E-state index >= 15 is 0 Å². The van der Waals surface area contributed by atoms with Gasteiger partial charge in [0.1, 0.15) is 5.82 Å². The van der Waals surface area contributed by atoms with Crippen LogP contribution in [0.2, 0.25) is 5.02 Å². The molecule has 18 heavy (non-hydrogen) atoms. The van der Waals surface area contributed by atoms with E-state index < -0.39 is 0 Å². The smallest absolute Gasteiger partial charge is 0.126 e. The zero-order valence-corrected chi connectivity index (χ0v) is 11.9. The molecule has 1 N–H and O–H groups in total. The van der Waals surface area contributed by atoms with E-state index in [0.29, 0.717) is 5.02 Å². The zero-order valence-electron chi connectivity index (χ0n) is 11.1. The number of halogens is 2. The van der Waals surface area contributed by atoms with Crippen molar-refractivity contribution in [3.63, 3.8) is 0 Å². The summed E-state index contributed by atoms with van der Waals surface area (Å²) < 4.78 is 13.7. The van der Waals surface area contributed by atoms with Crippen molar-refractivity contribution in [1.82, 2.24) is 5.32 Å². The Morgan fingerprint density at radius 3 is 2.78 bits per heavy atom. The number of rotatable bonds is 6. The van der Waals surface area contributed by atoms with Gasteiger partial charge in [0, 0.05) is 11.1 Å². The molecule has 3 heteroatoms. The van der Waals surface area contributed by atoms with Crippen molar-refractivity contribution >= 4 is 11.6 Å². The molecule has 0 aromatic heterocycles. The summed E-state index contributed by atoms with van der Waals surface area (Å²) in [6.07, 6.45) is 4.40. The first-order chi connectivity index (χ1) is 8.46. The standard InChI is InChI=1S/C15H21ClFN/c1-15(2,7-8-18-13-4-5-13)10-11-9-12(16)3-6-14(11)17/h3,6,9,13,18H,4-5,7-8,10H2,1-2H3. The minimum atomic E-state index is -0.150. The fourth-order valence-corrected chi connectivity index (χ4v) is 2.38. The molecule has 1 saturated carbocycles. The number of hydrogen-bond acceptors (Lipinski definition) is 1. The molecular weight excluding hydrogens is 249 g/mol. The van der Waals surface area contributed by atoms with Crippen molar-refractivity contribution in [1.29, 1.82) is 0 Å². The van der Waals surface area contributed by atoms with Gasteiger partial charge in [-0.15, -0.1) is 0 Å². The zero-order chi connectivity index (χ0) is 13.2. The van der Waals surface area contributed by atoms with Crippen LogP contribution < -0.4 is 5.32 Å². The SMILES string of the molecule is CC(C)(CCNC1CC1)Cc1cc(Cl)ccc1F. The van der Waals surface area contributed by atoms with E-state index in [1.165, 1.54) is 18.9 Å². The van der Waals surface area contributed by atoms with Crippen LogP contribution in [-0.2, 0) is 6.42 Å². The lowest BCUT2D eigenvalue weighted by Crippen LogP contribution is -2.25. The Morgan fingerprint density at radius 1 is 1.39 bits per heavy atom. The molecule has 0 bridgehead atoms. The molecule has 1 nitrogen and oxygen atoms in total. The van der Waals surface area contributed by atoms with Crippen LogP contribution in [0, 0.1) is 11.2 Å². The van der Waals surface area contributed by atoms with Crippen LogP contribution in [0.25, 0.3) is 0 Å². The van der Waals surface area contributed by atoms with Crippen LogP contribution in [-0.4, -0.2) is 12.6 Å². The molecule has 0 unspecified atom stereocenters. The van der Waals surface area contributed by atoms with E-state index in [1.54, 1.807) is 12.1 Å². The second-order valence-electron chi connectivity index (χ2n) is 6.06. The number of nitrogens with one attached hydrogen (secondary N) is 1. The summed E-state index contributed by atoms with van der Waals surface area (Å²) in [7, 11) is 0. The van der Waals surface area contributed by atoms with E-state index in [0.717, 1.165) is 31.0 Å². The quantitative estimate of drug-likeness (QED) is 0.817. The van der Waals surface area contributed by atoms with Gasteiger partial charge >= 0.3 is 0 Å². The Hall–Kier alpha value is -0.600. The summed E-state index contributed by atoms with van der Waals surface area (Å²) in [5.41, 5.74) is 0.812. The summed E-state index contributed by atoms with van der Waals surface area (Å²) in [5.74, 6) is -0.150. The molecule has 1 aliphatic rings. The summed E-state index contributed by atoms with van der Waals surface area (Å²) in [4.78, 5) is 0. The minimum Gasteiger partial charge on any atom is -0.314 e. The first kappa shape index (κ1) is 13.8. The van der Waals surface area contributed by atoms with Crippen molar-refractivity contribution in [2.24, 2.45) is 5.41 Å². The van der Waals surface area contributed by atoms with E-state index in [2.05, 4.69) is 19.2 Å². The highest BCUT2D eigenvalue weighted by molar-refractivity contribution is 6.30. The first-order valence-corrected chi connectivity index (χ1v) is 7.01. The molecule has 0 atom stereocenters. The lowest BCUT2D eigenvalue weighted by molar-refractivity contribution is 0.320. The van der Waals surface area contributed by atoms with Crippen LogP contribution in [0.1, 0.15) is 38.7 Å². The summed E-state index contributed by atoms with van der Waals surface area (Å²) in [6.45, 7) is 5.38. The summed E-state index contributed by atoms with van der Waals surface area (Å²) >= 11 is 5.92. The fraction of sp³-hybridized carbons (Fsp3) is 0.600. The van der Waals surface area contributed by atoms with Gasteiger partial charge in [0.25, 0.3) is 0 Å². The normalized spacial score (nSPS) is 16.0. The third-order valence-electron chi connectivity index (χ3n) is 3.49. The van der Waals surface area contributed by atoms with Crippen LogP contribution in [0.4, 0.5) is 4.39 Å². The predicted molar refractivity (Wildman–Crippen MR) is 74.5 cm³/mol. The van der Waals surface area contributed by atoms with Gasteiger partial charge in [-0.3, -0.25) is 0 Å². The highest BCUT2D eigenvalue weighted by Crippen LogP contribution is 2.29. The molecule has 0 saturated heterocycles. The molecule has 0 amide bonds. The van der Waals surface area contributed by atoms with Crippen molar-refractivity contribution in [3.8, 4) is 0 Å². The van der Waals surface area contributed by atoms with Crippen molar-refractivity contribution in [2.45, 2.75) is 45.6 Å². The van der Waals surface area contributed by atoms with Crippen molar-refractivity contribution < 1.29 is 4.39 Å². The van der Waals surface area contributed by atoms with E-state index in [9.17, 15) is 4.39 Å². The maximum Gasteiger partial charge on any atom is 0.126 e. The maximum absolute atomic E-state index is 13.7. The third kappa shape index (κ3) is 4.25. The Bertz CT molecular complexity index is 413. The fourth-order valence-electron chi connectivity index (χ4n) is 2.18. The van der Waals surface area contributed by atoms with Gasteiger partial charge in [-0.25, -0.2) is 4.39 Å². The molecule has 0 aliphatic heterocycles. The summed E-state index contributed by atoms with van der Waals surface area (Å²) in [5, 5.41) is 4.11. The van der Waals surface area contributed by atoms with Crippen LogP contribution in [0.3, 0.4) is 0 Å². The van der Waals surface area contributed by atoms with E-state index in [1.807, 2.05) is 0 Å². The average Bonchev–Trinajstić information content (AvgIpc) is 3.07. The molecule has 0 radical (unpaired) electrons. The monoisotopic (exact) mass is 269 g/mol. The highest BCUT2D eigenvalue weighted by Gasteiger charge is 2.23. The van der Waals surface area contributed by atoms with E-state index in [4.69, 9.17) is 11.6 Å². The third-order valence-corrected chi connectivity index (χ3v) is 3.72. The van der Waals surface area contributed by atoms with Crippen LogP contribution in [0.5, 0.6) is 0 Å². The van der Waals surface area contributed by atoms with Crippen LogP contribution >= 0.6 is 11.6 Å².